The van der Waals surface area contributed by atoms with Crippen molar-refractivity contribution in [3.05, 3.63) is 16.1 Å². The minimum atomic E-state index is -0.648. The van der Waals surface area contributed by atoms with Gasteiger partial charge in [0.25, 0.3) is 0 Å². The van der Waals surface area contributed by atoms with Gasteiger partial charge in [-0.3, -0.25) is 9.69 Å². The molecule has 1 aliphatic rings. The number of amides is 1. The van der Waals surface area contributed by atoms with Crippen LogP contribution in [0.15, 0.2) is 6.20 Å². The molecule has 1 fully saturated rings. The van der Waals surface area contributed by atoms with Crippen LogP contribution in [0.3, 0.4) is 0 Å². The van der Waals surface area contributed by atoms with E-state index in [0.29, 0.717) is 31.9 Å². The number of ether oxygens (including phenoxy) is 3. The first-order valence-electron chi connectivity index (χ1n) is 9.13. The van der Waals surface area contributed by atoms with Crippen molar-refractivity contribution in [2.75, 3.05) is 27.4 Å². The van der Waals surface area contributed by atoms with Crippen molar-refractivity contribution in [1.29, 1.82) is 0 Å². The first kappa shape index (κ1) is 21.6. The molecule has 0 spiro atoms. The highest BCUT2D eigenvalue weighted by molar-refractivity contribution is 7.11. The van der Waals surface area contributed by atoms with Crippen LogP contribution < -0.4 is 0 Å². The number of nitrogens with zero attached hydrogens (tertiary/aromatic N) is 2. The van der Waals surface area contributed by atoms with Crippen LogP contribution in [0.25, 0.3) is 0 Å². The molecule has 152 valence electrons. The van der Waals surface area contributed by atoms with E-state index in [1.165, 1.54) is 18.4 Å². The van der Waals surface area contributed by atoms with E-state index in [0.717, 1.165) is 16.3 Å². The predicted molar refractivity (Wildman–Crippen MR) is 103 cm³/mol. The second kappa shape index (κ2) is 8.56. The van der Waals surface area contributed by atoms with E-state index in [4.69, 9.17) is 14.2 Å². The lowest BCUT2D eigenvalue weighted by atomic mass is 9.94. The fourth-order valence-corrected chi connectivity index (χ4v) is 4.52. The third kappa shape index (κ3) is 5.19. The van der Waals surface area contributed by atoms with Crippen LogP contribution in [0.2, 0.25) is 0 Å². The van der Waals surface area contributed by atoms with Gasteiger partial charge in [-0.1, -0.05) is 6.92 Å². The second-order valence-corrected chi connectivity index (χ2v) is 9.19. The second-order valence-electron chi connectivity index (χ2n) is 8.07. The molecule has 2 heterocycles. The summed E-state index contributed by atoms with van der Waals surface area (Å²) in [6.45, 7) is 8.63. The normalized spacial score (nSPS) is 22.7. The summed E-state index contributed by atoms with van der Waals surface area (Å²) in [5.74, 6) is 0.0523. The Kier molecular flexibility index (Phi) is 6.86. The summed E-state index contributed by atoms with van der Waals surface area (Å²) in [6.07, 6.45) is 3.05. The van der Waals surface area contributed by atoms with Crippen molar-refractivity contribution in [2.45, 2.75) is 58.1 Å². The zero-order valence-corrected chi connectivity index (χ0v) is 17.9. The largest absolute Gasteiger partial charge is 0.469 e. The van der Waals surface area contributed by atoms with Crippen LogP contribution >= 0.6 is 11.3 Å². The maximum atomic E-state index is 12.9. The Labute approximate surface area is 165 Å². The van der Waals surface area contributed by atoms with Crippen molar-refractivity contribution < 1.29 is 23.8 Å². The van der Waals surface area contributed by atoms with Gasteiger partial charge in [0.15, 0.2) is 0 Å². The van der Waals surface area contributed by atoms with Crippen LogP contribution in [0.4, 0.5) is 4.79 Å². The topological polar surface area (TPSA) is 78.0 Å². The average Bonchev–Trinajstić information content (AvgIpc) is 3.16. The Bertz CT molecular complexity index is 669. The summed E-state index contributed by atoms with van der Waals surface area (Å²) < 4.78 is 15.9. The highest BCUT2D eigenvalue weighted by atomic mass is 32.1. The molecule has 0 unspecified atom stereocenters. The van der Waals surface area contributed by atoms with Gasteiger partial charge >= 0.3 is 12.1 Å². The summed E-state index contributed by atoms with van der Waals surface area (Å²) in [4.78, 5) is 31.6. The number of carbonyl (C=O) groups excluding carboxylic acids is 2. The van der Waals surface area contributed by atoms with Crippen LogP contribution in [-0.2, 0) is 31.0 Å². The van der Waals surface area contributed by atoms with Crippen molar-refractivity contribution in [3.8, 4) is 0 Å². The van der Waals surface area contributed by atoms with Gasteiger partial charge in [0, 0.05) is 24.7 Å². The van der Waals surface area contributed by atoms with E-state index in [1.807, 2.05) is 20.8 Å². The molecule has 2 atom stereocenters. The van der Waals surface area contributed by atoms with Crippen molar-refractivity contribution in [1.82, 2.24) is 9.88 Å². The van der Waals surface area contributed by atoms with Gasteiger partial charge in [0.05, 0.1) is 20.1 Å². The average molecular weight is 399 g/mol. The van der Waals surface area contributed by atoms with Crippen LogP contribution in [-0.4, -0.2) is 54.9 Å². The Morgan fingerprint density at radius 1 is 1.37 bits per heavy atom. The molecule has 27 heavy (non-hydrogen) atoms. The predicted octanol–water partition coefficient (Wildman–Crippen LogP) is 3.37. The third-order valence-electron chi connectivity index (χ3n) is 4.45. The Balaban J connectivity index is 2.30. The van der Waals surface area contributed by atoms with Crippen LogP contribution in [0, 0.1) is 5.92 Å². The standard InChI is InChI=1S/C19H30N2O5S/c1-13-9-19(12-24-5,21(11-13)17(23)26-18(2,3)4)16-20-10-14(27-16)7-8-15(22)25-6/h10,13H,7-9,11-12H2,1-6H3/t13-,19+/m0/s1. The number of esters is 1. The first-order chi connectivity index (χ1) is 12.6. The number of hydrogen-bond acceptors (Lipinski definition) is 7. The summed E-state index contributed by atoms with van der Waals surface area (Å²) in [7, 11) is 3.01. The molecule has 0 N–H and O–H groups in total. The molecule has 1 aromatic heterocycles. The van der Waals surface area contributed by atoms with Gasteiger partial charge in [-0.25, -0.2) is 9.78 Å². The maximum absolute atomic E-state index is 12.9. The number of methoxy groups -OCH3 is 2. The van der Waals surface area contributed by atoms with E-state index in [-0.39, 0.29) is 12.1 Å². The monoisotopic (exact) mass is 398 g/mol. The van der Waals surface area contributed by atoms with Gasteiger partial charge in [-0.15, -0.1) is 11.3 Å². The van der Waals surface area contributed by atoms with Gasteiger partial charge < -0.3 is 14.2 Å². The van der Waals surface area contributed by atoms with Crippen LogP contribution in [0.5, 0.6) is 0 Å². The van der Waals surface area contributed by atoms with E-state index in [2.05, 4.69) is 11.9 Å². The Morgan fingerprint density at radius 2 is 2.07 bits per heavy atom. The van der Waals surface area contributed by atoms with Gasteiger partial charge in [0.1, 0.15) is 16.1 Å². The van der Waals surface area contributed by atoms with E-state index < -0.39 is 11.1 Å². The minimum absolute atomic E-state index is 0.249. The van der Waals surface area contributed by atoms with Crippen molar-refractivity contribution in [2.24, 2.45) is 5.92 Å². The Morgan fingerprint density at radius 3 is 2.67 bits per heavy atom. The number of thiazole rings is 1. The number of aryl methyl sites for hydroxylation is 1. The smallest absolute Gasteiger partial charge is 0.411 e. The van der Waals surface area contributed by atoms with Gasteiger partial charge in [0.2, 0.25) is 0 Å². The zero-order chi connectivity index (χ0) is 20.2. The molecule has 1 aliphatic heterocycles. The highest BCUT2D eigenvalue weighted by Crippen LogP contribution is 2.44. The molecule has 0 aliphatic carbocycles. The summed E-state index contributed by atoms with van der Waals surface area (Å²) >= 11 is 1.51. The SMILES string of the molecule is COC[C@@]1(c2ncc(CCC(=O)OC)s2)C[C@H](C)CN1C(=O)OC(C)(C)C. The molecule has 2 rings (SSSR count). The van der Waals surface area contributed by atoms with Gasteiger partial charge in [-0.2, -0.15) is 0 Å². The Hall–Kier alpha value is -1.67. The maximum Gasteiger partial charge on any atom is 0.411 e. The number of likely N-dealkylation sites (tertiary alicyclic amines) is 1. The molecule has 8 heteroatoms. The molecule has 0 aromatic carbocycles. The molecule has 7 nitrogen and oxygen atoms in total. The molecule has 0 bridgehead atoms. The summed E-state index contributed by atoms with van der Waals surface area (Å²) in [6, 6.07) is 0. The summed E-state index contributed by atoms with van der Waals surface area (Å²) in [5, 5.41) is 0.819. The van der Waals surface area contributed by atoms with Crippen molar-refractivity contribution in [3.63, 3.8) is 0 Å². The number of aromatic nitrogens is 1. The fraction of sp³-hybridized carbons (Fsp3) is 0.737. The number of hydrogen-bond donors (Lipinski definition) is 0. The van der Waals surface area contributed by atoms with Gasteiger partial charge in [-0.05, 0) is 39.5 Å². The molecule has 0 radical (unpaired) electrons. The lowest BCUT2D eigenvalue weighted by molar-refractivity contribution is -0.140. The molecule has 1 saturated heterocycles. The molecular formula is C19H30N2O5S. The zero-order valence-electron chi connectivity index (χ0n) is 17.0. The van der Waals surface area contributed by atoms with E-state index in [9.17, 15) is 9.59 Å². The molecular weight excluding hydrogens is 368 g/mol. The number of carbonyl (C=O) groups is 2. The third-order valence-corrected chi connectivity index (χ3v) is 5.70. The van der Waals surface area contributed by atoms with E-state index >= 15 is 0 Å². The lowest BCUT2D eigenvalue weighted by Gasteiger charge is -2.37. The highest BCUT2D eigenvalue weighted by Gasteiger charge is 2.51. The molecule has 1 aromatic rings. The fourth-order valence-electron chi connectivity index (χ4n) is 3.41. The quantitative estimate of drug-likeness (QED) is 0.684. The summed E-state index contributed by atoms with van der Waals surface area (Å²) in [5.41, 5.74) is -1.22. The number of rotatable bonds is 6. The van der Waals surface area contributed by atoms with Crippen molar-refractivity contribution >= 4 is 23.4 Å². The minimum Gasteiger partial charge on any atom is -0.469 e. The lowest BCUT2D eigenvalue weighted by Crippen LogP contribution is -2.49. The molecule has 0 saturated carbocycles. The van der Waals surface area contributed by atoms with E-state index in [1.54, 1.807) is 18.2 Å². The molecule has 1 amide bonds. The van der Waals surface area contributed by atoms with Crippen LogP contribution in [0.1, 0.15) is 50.4 Å². The first-order valence-corrected chi connectivity index (χ1v) is 9.94.